The maximum Gasteiger partial charge on any atom is 0.267 e. The minimum Gasteiger partial charge on any atom is -0.497 e. The zero-order chi connectivity index (χ0) is 26.1. The van der Waals surface area contributed by atoms with Crippen molar-refractivity contribution in [3.63, 3.8) is 0 Å². The van der Waals surface area contributed by atoms with Crippen molar-refractivity contribution in [2.75, 3.05) is 14.2 Å². The fraction of sp³-hybridized carbons (Fsp3) is 0.103. The molecule has 9 heteroatoms. The zero-order valence-corrected chi connectivity index (χ0v) is 21.6. The Bertz CT molecular complexity index is 1810. The van der Waals surface area contributed by atoms with Crippen LogP contribution in [0.1, 0.15) is 5.01 Å². The molecule has 4 aromatic heterocycles. The fourth-order valence-corrected chi connectivity index (χ4v) is 5.17. The van der Waals surface area contributed by atoms with E-state index >= 15 is 0 Å². The lowest BCUT2D eigenvalue weighted by molar-refractivity contribution is 0.395. The van der Waals surface area contributed by atoms with Crippen LogP contribution >= 0.6 is 11.3 Å². The maximum atomic E-state index is 12.8. The molecule has 0 aliphatic rings. The van der Waals surface area contributed by atoms with Crippen LogP contribution in [0.25, 0.3) is 39.3 Å². The smallest absolute Gasteiger partial charge is 0.267 e. The Morgan fingerprint density at radius 3 is 2.53 bits per heavy atom. The lowest BCUT2D eigenvalue weighted by atomic mass is 10.0. The molecule has 0 aliphatic carbocycles. The van der Waals surface area contributed by atoms with Crippen molar-refractivity contribution in [1.82, 2.24) is 24.4 Å². The van der Waals surface area contributed by atoms with Gasteiger partial charge in [0.2, 0.25) is 0 Å². The van der Waals surface area contributed by atoms with Crippen LogP contribution in [0.3, 0.4) is 0 Å². The highest BCUT2D eigenvalue weighted by Gasteiger charge is 2.19. The number of rotatable bonds is 7. The Kier molecular flexibility index (Phi) is 6.19. The van der Waals surface area contributed by atoms with Gasteiger partial charge in [-0.05, 0) is 30.3 Å². The molecule has 0 amide bonds. The van der Waals surface area contributed by atoms with Gasteiger partial charge in [0, 0.05) is 34.8 Å². The van der Waals surface area contributed by atoms with Crippen LogP contribution in [0, 0.1) is 0 Å². The second-order valence-electron chi connectivity index (χ2n) is 8.53. The molecule has 188 valence electrons. The number of hydrogen-bond donors (Lipinski definition) is 0. The minimum atomic E-state index is -0.203. The molecule has 0 N–H and O–H groups in total. The van der Waals surface area contributed by atoms with Crippen LogP contribution in [0.5, 0.6) is 11.5 Å². The number of methoxy groups -OCH3 is 2. The molecule has 0 aliphatic heterocycles. The van der Waals surface area contributed by atoms with E-state index < -0.39 is 0 Å². The van der Waals surface area contributed by atoms with E-state index in [4.69, 9.17) is 24.7 Å². The predicted molar refractivity (Wildman–Crippen MR) is 148 cm³/mol. The largest absolute Gasteiger partial charge is 0.497 e. The van der Waals surface area contributed by atoms with Crippen LogP contribution in [0.2, 0.25) is 0 Å². The van der Waals surface area contributed by atoms with Gasteiger partial charge < -0.3 is 9.47 Å². The summed E-state index contributed by atoms with van der Waals surface area (Å²) in [5, 5.41) is 12.3. The first kappa shape index (κ1) is 23.6. The topological polar surface area (TPSA) is 83.5 Å². The summed E-state index contributed by atoms with van der Waals surface area (Å²) in [6, 6.07) is 24.8. The number of hydrogen-bond acceptors (Lipinski definition) is 7. The second kappa shape index (κ2) is 9.95. The second-order valence-corrected chi connectivity index (χ2v) is 9.47. The first-order valence-electron chi connectivity index (χ1n) is 11.9. The highest BCUT2D eigenvalue weighted by atomic mass is 32.1. The number of benzene rings is 2. The van der Waals surface area contributed by atoms with E-state index in [1.807, 2.05) is 82.8 Å². The summed E-state index contributed by atoms with van der Waals surface area (Å²) >= 11 is 1.47. The summed E-state index contributed by atoms with van der Waals surface area (Å²) in [6.45, 7) is 0.246. The van der Waals surface area contributed by atoms with E-state index in [1.165, 1.54) is 16.0 Å². The molecule has 0 spiro atoms. The molecule has 6 aromatic rings. The molecule has 8 nitrogen and oxygen atoms in total. The molecule has 0 saturated carbocycles. The van der Waals surface area contributed by atoms with Gasteiger partial charge in [0.15, 0.2) is 0 Å². The average molecular weight is 522 g/mol. The van der Waals surface area contributed by atoms with Crippen molar-refractivity contribution in [2.24, 2.45) is 0 Å². The van der Waals surface area contributed by atoms with Crippen LogP contribution in [-0.2, 0) is 6.54 Å². The molecular weight excluding hydrogens is 498 g/mol. The van der Waals surface area contributed by atoms with Gasteiger partial charge in [-0.3, -0.25) is 4.79 Å². The molecular formula is C29H23N5O3S. The van der Waals surface area contributed by atoms with Crippen molar-refractivity contribution in [1.29, 1.82) is 0 Å². The SMILES string of the molecule is COc1ccc(-c2csc(Cn3nc(-c4c(-c5ccccc5)nn5ccccc45)ccc3=O)n2)c(OC)c1. The lowest BCUT2D eigenvalue weighted by Gasteiger charge is -2.08. The van der Waals surface area contributed by atoms with Gasteiger partial charge in [0.05, 0.1) is 43.2 Å². The first-order chi connectivity index (χ1) is 18.6. The average Bonchev–Trinajstić information content (AvgIpc) is 3.59. The Hall–Kier alpha value is -4.76. The van der Waals surface area contributed by atoms with Gasteiger partial charge in [0.25, 0.3) is 5.56 Å². The highest BCUT2D eigenvalue weighted by Crippen LogP contribution is 2.35. The van der Waals surface area contributed by atoms with Gasteiger partial charge >= 0.3 is 0 Å². The molecule has 0 fully saturated rings. The summed E-state index contributed by atoms with van der Waals surface area (Å²) in [5.41, 5.74) is 5.64. The molecule has 38 heavy (non-hydrogen) atoms. The summed E-state index contributed by atoms with van der Waals surface area (Å²) in [4.78, 5) is 17.6. The molecule has 0 unspecified atom stereocenters. The Morgan fingerprint density at radius 1 is 0.868 bits per heavy atom. The van der Waals surface area contributed by atoms with Crippen molar-refractivity contribution in [3.8, 4) is 45.3 Å². The zero-order valence-electron chi connectivity index (χ0n) is 20.7. The quantitative estimate of drug-likeness (QED) is 0.279. The molecule has 4 heterocycles. The van der Waals surface area contributed by atoms with Crippen molar-refractivity contribution in [2.45, 2.75) is 6.54 Å². The summed E-state index contributed by atoms with van der Waals surface area (Å²) in [6.07, 6.45) is 1.91. The monoisotopic (exact) mass is 521 g/mol. The maximum absolute atomic E-state index is 12.8. The third kappa shape index (κ3) is 4.33. The predicted octanol–water partition coefficient (Wildman–Crippen LogP) is 5.41. The Balaban J connectivity index is 1.39. The molecule has 0 atom stereocenters. The van der Waals surface area contributed by atoms with Crippen molar-refractivity contribution >= 4 is 16.9 Å². The molecule has 0 saturated heterocycles. The van der Waals surface area contributed by atoms with E-state index in [1.54, 1.807) is 26.4 Å². The number of pyridine rings is 1. The van der Waals surface area contributed by atoms with Crippen molar-refractivity contribution in [3.05, 3.63) is 106 Å². The van der Waals surface area contributed by atoms with Crippen LogP contribution < -0.4 is 15.0 Å². The van der Waals surface area contributed by atoms with Gasteiger partial charge in [-0.15, -0.1) is 11.3 Å². The third-order valence-electron chi connectivity index (χ3n) is 6.23. The molecule has 0 bridgehead atoms. The standard InChI is InChI=1S/C29H23N5O3S/c1-36-20-11-12-21(25(16-20)37-2)23-18-38-26(30-23)17-34-27(35)14-13-22(31-34)28-24-10-6-7-15-33(24)32-29(28)19-8-4-3-5-9-19/h3-16,18H,17H2,1-2H3. The molecule has 0 radical (unpaired) electrons. The summed E-state index contributed by atoms with van der Waals surface area (Å²) < 4.78 is 14.1. The van der Waals surface area contributed by atoms with E-state index in [0.29, 0.717) is 17.2 Å². The van der Waals surface area contributed by atoms with Gasteiger partial charge in [0.1, 0.15) is 22.2 Å². The number of thiazole rings is 1. The van der Waals surface area contributed by atoms with Crippen LogP contribution in [0.15, 0.2) is 95.2 Å². The lowest BCUT2D eigenvalue weighted by Crippen LogP contribution is -2.22. The normalized spacial score (nSPS) is 11.1. The molecule has 2 aromatic carbocycles. The van der Waals surface area contributed by atoms with Gasteiger partial charge in [-0.25, -0.2) is 14.2 Å². The highest BCUT2D eigenvalue weighted by molar-refractivity contribution is 7.09. The van der Waals surface area contributed by atoms with E-state index in [-0.39, 0.29) is 12.1 Å². The number of nitrogens with zero attached hydrogens (tertiary/aromatic N) is 5. The Labute approximate surface area is 222 Å². The Morgan fingerprint density at radius 2 is 1.71 bits per heavy atom. The van der Waals surface area contributed by atoms with Crippen molar-refractivity contribution < 1.29 is 9.47 Å². The number of fused-ring (bicyclic) bond motifs is 1. The van der Waals surface area contributed by atoms with Crippen LogP contribution in [-0.4, -0.2) is 38.6 Å². The first-order valence-corrected chi connectivity index (χ1v) is 12.8. The number of ether oxygens (including phenoxy) is 2. The van der Waals surface area contributed by atoms with E-state index in [9.17, 15) is 4.79 Å². The summed E-state index contributed by atoms with van der Waals surface area (Å²) in [5.74, 6) is 1.37. The van der Waals surface area contributed by atoms with E-state index in [0.717, 1.165) is 38.6 Å². The van der Waals surface area contributed by atoms with Gasteiger partial charge in [-0.1, -0.05) is 36.4 Å². The van der Waals surface area contributed by atoms with E-state index in [2.05, 4.69) is 0 Å². The summed E-state index contributed by atoms with van der Waals surface area (Å²) in [7, 11) is 3.23. The number of aromatic nitrogens is 5. The van der Waals surface area contributed by atoms with Gasteiger partial charge in [-0.2, -0.15) is 10.2 Å². The molecule has 6 rings (SSSR count). The van der Waals surface area contributed by atoms with Crippen LogP contribution in [0.4, 0.5) is 0 Å². The third-order valence-corrected chi connectivity index (χ3v) is 7.06. The fourth-order valence-electron chi connectivity index (χ4n) is 4.39. The minimum absolute atomic E-state index is 0.203.